The molecule has 9 nitrogen and oxygen atoms in total. The van der Waals surface area contributed by atoms with Crippen LogP contribution in [0.15, 0.2) is 48.7 Å². The molecule has 0 aliphatic rings. The average Bonchev–Trinajstić information content (AvgIpc) is 2.81. The van der Waals surface area contributed by atoms with Gasteiger partial charge in [0.15, 0.2) is 11.6 Å². The highest BCUT2D eigenvalue weighted by Crippen LogP contribution is 2.32. The number of carbonyl (C=O) groups is 1. The molecular weight excluding hydrogens is 466 g/mol. The molecule has 3 rings (SSSR count). The third-order valence-corrected chi connectivity index (χ3v) is 6.23. The van der Waals surface area contributed by atoms with E-state index in [4.69, 9.17) is 16.3 Å². The molecule has 0 atom stereocenters. The molecule has 0 amide bonds. The summed E-state index contributed by atoms with van der Waals surface area (Å²) in [6.07, 6.45) is 1.78. The van der Waals surface area contributed by atoms with Crippen molar-refractivity contribution in [3.8, 4) is 5.75 Å². The molecule has 3 aromatic rings. The van der Waals surface area contributed by atoms with E-state index in [0.717, 1.165) is 0 Å². The number of carbonyl (C=O) groups excluding carboxylic acids is 1. The van der Waals surface area contributed by atoms with E-state index in [1.54, 1.807) is 56.3 Å². The zero-order chi connectivity index (χ0) is 24.0. The minimum absolute atomic E-state index is 0.00813. The quantitative estimate of drug-likeness (QED) is 0.341. The number of rotatable bonds is 10. The van der Waals surface area contributed by atoms with Crippen LogP contribution in [-0.2, 0) is 10.0 Å². The van der Waals surface area contributed by atoms with E-state index in [2.05, 4.69) is 25.3 Å². The lowest BCUT2D eigenvalue weighted by molar-refractivity contribution is 0.0988. The zero-order valence-electron chi connectivity index (χ0n) is 18.3. The van der Waals surface area contributed by atoms with E-state index in [0.29, 0.717) is 34.8 Å². The van der Waals surface area contributed by atoms with E-state index < -0.39 is 10.0 Å². The SMILES string of the molecule is CCC(=O)c1ccc(OC)c(Nc2ncc(Cl)c(Nc3ccccc3NS(=O)(=O)CC)n2)c1. The summed E-state index contributed by atoms with van der Waals surface area (Å²) >= 11 is 6.28. The summed E-state index contributed by atoms with van der Waals surface area (Å²) in [4.78, 5) is 20.7. The van der Waals surface area contributed by atoms with Crippen LogP contribution in [-0.4, -0.2) is 37.0 Å². The molecule has 0 aliphatic heterocycles. The van der Waals surface area contributed by atoms with Crippen molar-refractivity contribution >= 4 is 56.2 Å². The number of hydrogen-bond acceptors (Lipinski definition) is 8. The zero-order valence-corrected chi connectivity index (χ0v) is 19.9. The number of anilines is 5. The summed E-state index contributed by atoms with van der Waals surface area (Å²) < 4.78 is 31.9. The molecule has 174 valence electrons. The first-order valence-electron chi connectivity index (χ1n) is 10.1. The van der Waals surface area contributed by atoms with Crippen LogP contribution in [0.4, 0.5) is 28.8 Å². The first-order chi connectivity index (χ1) is 15.8. The predicted molar refractivity (Wildman–Crippen MR) is 131 cm³/mol. The Balaban J connectivity index is 1.91. The molecular formula is C22H24ClN5O4S. The largest absolute Gasteiger partial charge is 0.495 e. The predicted octanol–water partition coefficient (Wildman–Crippen LogP) is 4.98. The number of ketones is 1. The van der Waals surface area contributed by atoms with Gasteiger partial charge in [-0.25, -0.2) is 13.4 Å². The van der Waals surface area contributed by atoms with E-state index in [9.17, 15) is 13.2 Å². The number of halogens is 1. The fourth-order valence-electron chi connectivity index (χ4n) is 2.87. The van der Waals surface area contributed by atoms with Gasteiger partial charge in [0.05, 0.1) is 36.1 Å². The van der Waals surface area contributed by atoms with Gasteiger partial charge < -0.3 is 15.4 Å². The van der Waals surface area contributed by atoms with E-state index in [1.807, 2.05) is 0 Å². The molecule has 0 bridgehead atoms. The number of methoxy groups -OCH3 is 1. The van der Waals surface area contributed by atoms with Gasteiger partial charge >= 0.3 is 0 Å². The number of para-hydroxylation sites is 2. The Morgan fingerprint density at radius 2 is 1.79 bits per heavy atom. The van der Waals surface area contributed by atoms with Crippen molar-refractivity contribution in [2.45, 2.75) is 20.3 Å². The second kappa shape index (κ2) is 10.5. The maximum atomic E-state index is 12.1. The molecule has 0 fully saturated rings. The molecule has 3 N–H and O–H groups in total. The Hall–Kier alpha value is -3.37. The van der Waals surface area contributed by atoms with Gasteiger partial charge in [0.2, 0.25) is 16.0 Å². The molecule has 0 unspecified atom stereocenters. The van der Waals surface area contributed by atoms with Crippen molar-refractivity contribution < 1.29 is 17.9 Å². The summed E-state index contributed by atoms with van der Waals surface area (Å²) in [5.74, 6) is 0.900. The van der Waals surface area contributed by atoms with E-state index >= 15 is 0 Å². The van der Waals surface area contributed by atoms with E-state index in [-0.39, 0.29) is 28.3 Å². The lowest BCUT2D eigenvalue weighted by Gasteiger charge is -2.15. The number of Topliss-reactive ketones (excluding diaryl/α,β-unsaturated/α-hetero) is 1. The topological polar surface area (TPSA) is 122 Å². The van der Waals surface area contributed by atoms with Gasteiger partial charge in [0.25, 0.3) is 0 Å². The number of ether oxygens (including phenoxy) is 1. The van der Waals surface area contributed by atoms with Crippen molar-refractivity contribution in [1.82, 2.24) is 9.97 Å². The van der Waals surface area contributed by atoms with Gasteiger partial charge in [0, 0.05) is 12.0 Å². The summed E-state index contributed by atoms with van der Waals surface area (Å²) in [5, 5.41) is 6.33. The summed E-state index contributed by atoms with van der Waals surface area (Å²) in [6, 6.07) is 11.8. The standard InChI is InChI=1S/C22H24ClN5O4S/c1-4-19(29)14-10-11-20(32-3)18(12-14)26-22-24-13-15(23)21(27-22)25-16-8-6-7-9-17(16)28-33(30,31)5-2/h6-13,28H,4-5H2,1-3H3,(H2,24,25,26,27). The van der Waals surface area contributed by atoms with Crippen molar-refractivity contribution in [1.29, 1.82) is 0 Å². The fraction of sp³-hybridized carbons (Fsp3) is 0.227. The van der Waals surface area contributed by atoms with Crippen LogP contribution in [0.5, 0.6) is 5.75 Å². The third-order valence-electron chi connectivity index (χ3n) is 4.66. The fourth-order valence-corrected chi connectivity index (χ4v) is 3.66. The molecule has 1 aromatic heterocycles. The van der Waals surface area contributed by atoms with Gasteiger partial charge in [-0.2, -0.15) is 4.98 Å². The number of hydrogen-bond donors (Lipinski definition) is 3. The molecule has 33 heavy (non-hydrogen) atoms. The third kappa shape index (κ3) is 6.11. The highest BCUT2D eigenvalue weighted by molar-refractivity contribution is 7.92. The van der Waals surface area contributed by atoms with Gasteiger partial charge in [-0.3, -0.25) is 9.52 Å². The number of sulfonamides is 1. The molecule has 2 aromatic carbocycles. The molecule has 0 saturated heterocycles. The Labute approximate surface area is 197 Å². The van der Waals surface area contributed by atoms with Crippen molar-refractivity contribution in [2.24, 2.45) is 0 Å². The summed E-state index contributed by atoms with van der Waals surface area (Å²) in [5.41, 5.74) is 1.87. The summed E-state index contributed by atoms with van der Waals surface area (Å²) in [6.45, 7) is 3.34. The van der Waals surface area contributed by atoms with Crippen LogP contribution < -0.4 is 20.1 Å². The minimum atomic E-state index is -3.48. The lowest BCUT2D eigenvalue weighted by Crippen LogP contribution is -2.15. The Morgan fingerprint density at radius 1 is 1.06 bits per heavy atom. The monoisotopic (exact) mass is 489 g/mol. The van der Waals surface area contributed by atoms with Gasteiger partial charge in [-0.1, -0.05) is 30.7 Å². The molecule has 0 spiro atoms. The van der Waals surface area contributed by atoms with Gasteiger partial charge in [-0.05, 0) is 37.3 Å². The smallest absolute Gasteiger partial charge is 0.232 e. The van der Waals surface area contributed by atoms with Crippen LogP contribution >= 0.6 is 11.6 Å². The Morgan fingerprint density at radius 3 is 2.45 bits per heavy atom. The average molecular weight is 490 g/mol. The number of nitrogens with one attached hydrogen (secondary N) is 3. The molecule has 0 radical (unpaired) electrons. The molecule has 0 saturated carbocycles. The van der Waals surface area contributed by atoms with E-state index in [1.165, 1.54) is 13.3 Å². The maximum Gasteiger partial charge on any atom is 0.232 e. The van der Waals surface area contributed by atoms with Crippen molar-refractivity contribution in [3.63, 3.8) is 0 Å². The highest BCUT2D eigenvalue weighted by Gasteiger charge is 2.14. The molecule has 0 aliphatic carbocycles. The molecule has 11 heteroatoms. The van der Waals surface area contributed by atoms with Gasteiger partial charge in [0.1, 0.15) is 10.8 Å². The Kier molecular flexibility index (Phi) is 7.72. The number of aromatic nitrogens is 2. The van der Waals surface area contributed by atoms with Gasteiger partial charge in [-0.15, -0.1) is 0 Å². The highest BCUT2D eigenvalue weighted by atomic mass is 35.5. The normalized spacial score (nSPS) is 11.0. The second-order valence-electron chi connectivity index (χ2n) is 6.88. The first kappa shape index (κ1) is 24.3. The minimum Gasteiger partial charge on any atom is -0.495 e. The van der Waals surface area contributed by atoms with Crippen molar-refractivity contribution in [2.75, 3.05) is 28.2 Å². The second-order valence-corrected chi connectivity index (χ2v) is 9.30. The first-order valence-corrected chi connectivity index (χ1v) is 12.2. The van der Waals surface area contributed by atoms with Crippen LogP contribution in [0.2, 0.25) is 5.02 Å². The Bertz CT molecular complexity index is 1270. The van der Waals surface area contributed by atoms with Crippen LogP contribution in [0.25, 0.3) is 0 Å². The number of benzene rings is 2. The summed E-state index contributed by atoms with van der Waals surface area (Å²) in [7, 11) is -1.96. The van der Waals surface area contributed by atoms with Crippen LogP contribution in [0, 0.1) is 0 Å². The van der Waals surface area contributed by atoms with Crippen LogP contribution in [0.3, 0.4) is 0 Å². The number of nitrogens with zero attached hydrogens (tertiary/aromatic N) is 2. The van der Waals surface area contributed by atoms with Crippen molar-refractivity contribution in [3.05, 3.63) is 59.2 Å². The maximum absolute atomic E-state index is 12.1. The van der Waals surface area contributed by atoms with Crippen LogP contribution in [0.1, 0.15) is 30.6 Å². The molecule has 1 heterocycles. The lowest BCUT2D eigenvalue weighted by atomic mass is 10.1.